The number of hydrogen-bond donors (Lipinski definition) is 1. The van der Waals surface area contributed by atoms with Crippen LogP contribution in [0, 0.1) is 17.7 Å². The molecule has 4 atom stereocenters. The number of benzene rings is 1. The molecule has 1 N–H and O–H groups in total. The highest BCUT2D eigenvalue weighted by Crippen LogP contribution is 2.54. The van der Waals surface area contributed by atoms with Crippen LogP contribution in [0.25, 0.3) is 0 Å². The molecule has 1 saturated heterocycles. The molecular formula is C21H23FN2O6. The van der Waals surface area contributed by atoms with Crippen molar-refractivity contribution in [3.8, 4) is 5.75 Å². The topological polar surface area (TPSA) is 102 Å². The van der Waals surface area contributed by atoms with Gasteiger partial charge in [-0.2, -0.15) is 0 Å². The smallest absolute Gasteiger partial charge is 0.408 e. The lowest BCUT2D eigenvalue weighted by molar-refractivity contribution is 0.0509. The molecular weight excluding hydrogens is 395 g/mol. The summed E-state index contributed by atoms with van der Waals surface area (Å²) in [6, 6.07) is 7.30. The summed E-state index contributed by atoms with van der Waals surface area (Å²) in [6.07, 6.45) is 0.0723. The summed E-state index contributed by atoms with van der Waals surface area (Å²) in [5.41, 5.74) is -0.978. The van der Waals surface area contributed by atoms with Crippen molar-refractivity contribution in [2.75, 3.05) is 13.2 Å². The first-order valence-electron chi connectivity index (χ1n) is 9.90. The van der Waals surface area contributed by atoms with E-state index in [1.807, 2.05) is 0 Å². The SMILES string of the molecule is CCOC(=O)c1cc(C2(C)[C@H]3C[C@@H](Oc4ccc(F)cc4)C[C@H]3CN2C(=O)O)on1. The van der Waals surface area contributed by atoms with Crippen LogP contribution >= 0.6 is 0 Å². The van der Waals surface area contributed by atoms with Crippen molar-refractivity contribution >= 4 is 12.1 Å². The number of rotatable bonds is 5. The molecule has 1 aliphatic heterocycles. The van der Waals surface area contributed by atoms with Gasteiger partial charge < -0.3 is 19.1 Å². The molecule has 8 nitrogen and oxygen atoms in total. The quantitative estimate of drug-likeness (QED) is 0.739. The molecule has 2 heterocycles. The lowest BCUT2D eigenvalue weighted by atomic mass is 9.81. The van der Waals surface area contributed by atoms with Crippen LogP contribution in [-0.2, 0) is 10.3 Å². The molecule has 30 heavy (non-hydrogen) atoms. The second-order valence-electron chi connectivity index (χ2n) is 7.87. The van der Waals surface area contributed by atoms with Crippen LogP contribution in [0.5, 0.6) is 5.75 Å². The number of nitrogens with zero attached hydrogens (tertiary/aromatic N) is 2. The molecule has 1 amide bonds. The first-order chi connectivity index (χ1) is 14.3. The third-order valence-electron chi connectivity index (χ3n) is 6.19. The van der Waals surface area contributed by atoms with Crippen LogP contribution in [-0.4, -0.2) is 46.5 Å². The van der Waals surface area contributed by atoms with Crippen molar-refractivity contribution in [1.82, 2.24) is 10.1 Å². The van der Waals surface area contributed by atoms with Gasteiger partial charge in [-0.15, -0.1) is 0 Å². The Hall–Kier alpha value is -3.10. The van der Waals surface area contributed by atoms with Gasteiger partial charge in [0.15, 0.2) is 11.5 Å². The van der Waals surface area contributed by atoms with Gasteiger partial charge >= 0.3 is 12.1 Å². The Bertz CT molecular complexity index is 945. The Kier molecular flexibility index (Phi) is 5.13. The summed E-state index contributed by atoms with van der Waals surface area (Å²) in [4.78, 5) is 25.3. The molecule has 0 spiro atoms. The van der Waals surface area contributed by atoms with E-state index < -0.39 is 17.6 Å². The van der Waals surface area contributed by atoms with Crippen LogP contribution in [0.15, 0.2) is 34.9 Å². The Morgan fingerprint density at radius 2 is 2.07 bits per heavy atom. The molecule has 2 fully saturated rings. The minimum atomic E-state index is -1.06. The van der Waals surface area contributed by atoms with Crippen LogP contribution in [0.4, 0.5) is 9.18 Å². The number of amides is 1. The van der Waals surface area contributed by atoms with E-state index in [4.69, 9.17) is 14.0 Å². The van der Waals surface area contributed by atoms with Crippen LogP contribution in [0.1, 0.15) is 42.9 Å². The van der Waals surface area contributed by atoms with Crippen molar-refractivity contribution in [2.45, 2.75) is 38.3 Å². The van der Waals surface area contributed by atoms with Crippen molar-refractivity contribution in [3.63, 3.8) is 0 Å². The van der Waals surface area contributed by atoms with E-state index in [1.54, 1.807) is 26.0 Å². The fourth-order valence-corrected chi connectivity index (χ4v) is 4.80. The minimum absolute atomic E-state index is 0.0129. The first kappa shape index (κ1) is 20.2. The first-order valence-corrected chi connectivity index (χ1v) is 9.90. The average Bonchev–Trinajstić information content (AvgIpc) is 3.40. The number of carboxylic acid groups (broad SMARTS) is 1. The molecule has 2 aliphatic rings. The molecule has 9 heteroatoms. The molecule has 1 aromatic heterocycles. The number of carbonyl (C=O) groups excluding carboxylic acids is 1. The number of aromatic nitrogens is 1. The lowest BCUT2D eigenvalue weighted by Gasteiger charge is -2.35. The Morgan fingerprint density at radius 3 is 2.73 bits per heavy atom. The van der Waals surface area contributed by atoms with Crippen molar-refractivity contribution in [3.05, 3.63) is 47.6 Å². The summed E-state index contributed by atoms with van der Waals surface area (Å²) in [5, 5.41) is 13.6. The zero-order valence-electron chi connectivity index (χ0n) is 16.7. The molecule has 1 unspecified atom stereocenters. The van der Waals surface area contributed by atoms with E-state index >= 15 is 0 Å². The summed E-state index contributed by atoms with van der Waals surface area (Å²) < 4.78 is 29.5. The normalized spacial score (nSPS) is 27.7. The number of esters is 1. The summed E-state index contributed by atoms with van der Waals surface area (Å²) in [5.74, 6) is -0.0884. The second kappa shape index (κ2) is 7.62. The second-order valence-corrected chi connectivity index (χ2v) is 7.87. The zero-order chi connectivity index (χ0) is 21.5. The standard InChI is InChI=1S/C21H23FN2O6/c1-3-28-19(25)17-10-18(30-23-17)21(2)16-9-15(8-12(16)11-24(21)20(26)27)29-14-6-4-13(22)5-7-14/h4-7,10,12,15-16H,3,8-9,11H2,1-2H3,(H,26,27)/t12-,15-,16-,21?/m0/s1. The maximum absolute atomic E-state index is 13.1. The molecule has 1 aliphatic carbocycles. The molecule has 0 radical (unpaired) electrons. The largest absolute Gasteiger partial charge is 0.490 e. The van der Waals surface area contributed by atoms with E-state index in [9.17, 15) is 19.1 Å². The van der Waals surface area contributed by atoms with Gasteiger partial charge in [-0.3, -0.25) is 4.90 Å². The van der Waals surface area contributed by atoms with E-state index in [2.05, 4.69) is 5.16 Å². The maximum atomic E-state index is 13.1. The Labute approximate surface area is 172 Å². The lowest BCUT2D eigenvalue weighted by Crippen LogP contribution is -2.45. The highest BCUT2D eigenvalue weighted by atomic mass is 19.1. The summed E-state index contributed by atoms with van der Waals surface area (Å²) in [6.45, 7) is 4.01. The number of likely N-dealkylation sites (tertiary alicyclic amines) is 1. The molecule has 160 valence electrons. The van der Waals surface area contributed by atoms with Gasteiger partial charge in [0.2, 0.25) is 0 Å². The van der Waals surface area contributed by atoms with Crippen molar-refractivity contribution in [1.29, 1.82) is 0 Å². The monoisotopic (exact) mass is 418 g/mol. The van der Waals surface area contributed by atoms with Gasteiger partial charge in [0, 0.05) is 12.6 Å². The number of halogens is 1. The Morgan fingerprint density at radius 1 is 1.33 bits per heavy atom. The van der Waals surface area contributed by atoms with E-state index in [0.29, 0.717) is 30.9 Å². The molecule has 2 aromatic rings. The van der Waals surface area contributed by atoms with Crippen LogP contribution in [0.2, 0.25) is 0 Å². The molecule has 1 aromatic carbocycles. The van der Waals surface area contributed by atoms with E-state index in [1.165, 1.54) is 23.1 Å². The van der Waals surface area contributed by atoms with Gasteiger partial charge in [0.1, 0.15) is 17.1 Å². The van der Waals surface area contributed by atoms with Crippen LogP contribution in [0.3, 0.4) is 0 Å². The number of hydrogen-bond acceptors (Lipinski definition) is 6. The van der Waals surface area contributed by atoms with E-state index in [0.717, 1.165) is 0 Å². The number of carbonyl (C=O) groups is 2. The van der Waals surface area contributed by atoms with Crippen molar-refractivity contribution < 1.29 is 33.1 Å². The van der Waals surface area contributed by atoms with Gasteiger partial charge in [0.25, 0.3) is 0 Å². The molecule has 0 bridgehead atoms. The highest BCUT2D eigenvalue weighted by molar-refractivity contribution is 5.87. The summed E-state index contributed by atoms with van der Waals surface area (Å²) >= 11 is 0. The predicted octanol–water partition coefficient (Wildman–Crippen LogP) is 3.67. The number of ether oxygens (including phenoxy) is 2. The van der Waals surface area contributed by atoms with E-state index in [-0.39, 0.29) is 36.1 Å². The average molecular weight is 418 g/mol. The fraction of sp³-hybridized carbons (Fsp3) is 0.476. The Balaban J connectivity index is 1.58. The third kappa shape index (κ3) is 3.38. The molecule has 4 rings (SSSR count). The van der Waals surface area contributed by atoms with Gasteiger partial charge in [-0.25, -0.2) is 14.0 Å². The van der Waals surface area contributed by atoms with Gasteiger partial charge in [-0.05, 0) is 62.8 Å². The number of fused-ring (bicyclic) bond motifs is 1. The minimum Gasteiger partial charge on any atom is -0.490 e. The highest BCUT2D eigenvalue weighted by Gasteiger charge is 2.59. The molecule has 1 saturated carbocycles. The van der Waals surface area contributed by atoms with Gasteiger partial charge in [-0.1, -0.05) is 5.16 Å². The predicted molar refractivity (Wildman–Crippen MR) is 102 cm³/mol. The van der Waals surface area contributed by atoms with Crippen LogP contribution < -0.4 is 4.74 Å². The van der Waals surface area contributed by atoms with Gasteiger partial charge in [0.05, 0.1) is 12.7 Å². The third-order valence-corrected chi connectivity index (χ3v) is 6.19. The summed E-state index contributed by atoms with van der Waals surface area (Å²) in [7, 11) is 0. The maximum Gasteiger partial charge on any atom is 0.408 e. The zero-order valence-corrected chi connectivity index (χ0v) is 16.7. The fourth-order valence-electron chi connectivity index (χ4n) is 4.80. The van der Waals surface area contributed by atoms with Crippen molar-refractivity contribution in [2.24, 2.45) is 11.8 Å².